The fourth-order valence-electron chi connectivity index (χ4n) is 4.15. The van der Waals surface area contributed by atoms with E-state index >= 15 is 0 Å². The predicted molar refractivity (Wildman–Crippen MR) is 112 cm³/mol. The Bertz CT molecular complexity index is 974. The molecule has 2 aromatic rings. The van der Waals surface area contributed by atoms with Crippen LogP contribution in [-0.4, -0.2) is 5.78 Å². The molecule has 1 atom stereocenters. The number of carbonyl (C=O) groups excluding carboxylic acids is 1. The molecular weight excluding hydrogens is 356 g/mol. The van der Waals surface area contributed by atoms with E-state index in [9.17, 15) is 4.79 Å². The van der Waals surface area contributed by atoms with Crippen LogP contribution in [-0.2, 0) is 4.79 Å². The Hall–Kier alpha value is -2.26. The number of halogens is 1. The normalized spacial score (nSPS) is 20.9. The standard InChI is InChI=1S/C23H25ClN2O/c1-13-8-17-18(9-14(13)2)26-22(15-6-5-7-16(24)10-15)21-19(25-17)11-23(3,4)12-20(21)27/h5-10,22,25-26H,11-12H2,1-4H3/t22-/m1/s1. The highest BCUT2D eigenvalue weighted by atomic mass is 35.5. The molecule has 4 heteroatoms. The second-order valence-electron chi connectivity index (χ2n) is 8.57. The van der Waals surface area contributed by atoms with Gasteiger partial charge < -0.3 is 10.6 Å². The van der Waals surface area contributed by atoms with Crippen LogP contribution in [0.15, 0.2) is 47.7 Å². The lowest BCUT2D eigenvalue weighted by Crippen LogP contribution is -2.31. The van der Waals surface area contributed by atoms with Crippen molar-refractivity contribution in [3.63, 3.8) is 0 Å². The molecule has 0 fully saturated rings. The van der Waals surface area contributed by atoms with Crippen LogP contribution in [0.2, 0.25) is 5.02 Å². The van der Waals surface area contributed by atoms with Crippen LogP contribution in [0.25, 0.3) is 0 Å². The number of hydrogen-bond donors (Lipinski definition) is 2. The number of aryl methyl sites for hydroxylation is 2. The molecule has 2 aromatic carbocycles. The minimum absolute atomic E-state index is 0.0496. The highest BCUT2D eigenvalue weighted by molar-refractivity contribution is 6.30. The molecule has 0 saturated heterocycles. The molecule has 4 rings (SSSR count). The van der Waals surface area contributed by atoms with Crippen molar-refractivity contribution in [2.45, 2.75) is 46.6 Å². The van der Waals surface area contributed by atoms with Crippen molar-refractivity contribution < 1.29 is 4.79 Å². The van der Waals surface area contributed by atoms with E-state index in [4.69, 9.17) is 11.6 Å². The van der Waals surface area contributed by atoms with Crippen molar-refractivity contribution >= 4 is 28.8 Å². The lowest BCUT2D eigenvalue weighted by Gasteiger charge is -2.34. The van der Waals surface area contributed by atoms with E-state index in [0.29, 0.717) is 11.4 Å². The Morgan fingerprint density at radius 1 is 1.04 bits per heavy atom. The monoisotopic (exact) mass is 380 g/mol. The minimum atomic E-state index is -0.210. The maximum Gasteiger partial charge on any atom is 0.163 e. The second kappa shape index (κ2) is 6.42. The zero-order chi connectivity index (χ0) is 19.3. The summed E-state index contributed by atoms with van der Waals surface area (Å²) in [6.07, 6.45) is 1.40. The summed E-state index contributed by atoms with van der Waals surface area (Å²) in [6.45, 7) is 8.54. The fourth-order valence-corrected chi connectivity index (χ4v) is 4.35. The Morgan fingerprint density at radius 2 is 1.74 bits per heavy atom. The van der Waals surface area contributed by atoms with E-state index < -0.39 is 0 Å². The molecule has 0 saturated carbocycles. The van der Waals surface area contributed by atoms with Crippen LogP contribution in [0.4, 0.5) is 11.4 Å². The van der Waals surface area contributed by atoms with Crippen LogP contribution in [0, 0.1) is 19.3 Å². The predicted octanol–water partition coefficient (Wildman–Crippen LogP) is 6.18. The van der Waals surface area contributed by atoms with Gasteiger partial charge in [0.05, 0.1) is 17.4 Å². The highest BCUT2D eigenvalue weighted by Gasteiger charge is 2.38. The van der Waals surface area contributed by atoms with Crippen LogP contribution < -0.4 is 10.6 Å². The summed E-state index contributed by atoms with van der Waals surface area (Å²) in [5.41, 5.74) is 7.32. The third kappa shape index (κ3) is 3.37. The van der Waals surface area contributed by atoms with E-state index in [-0.39, 0.29) is 17.2 Å². The number of ketones is 1. The molecule has 2 aliphatic rings. The number of allylic oxidation sites excluding steroid dienone is 1. The Labute approximate surface area is 165 Å². The molecule has 27 heavy (non-hydrogen) atoms. The highest BCUT2D eigenvalue weighted by Crippen LogP contribution is 2.46. The van der Waals surface area contributed by atoms with Crippen molar-refractivity contribution in [2.75, 3.05) is 10.6 Å². The quantitative estimate of drug-likeness (QED) is 0.620. The number of nitrogens with one attached hydrogen (secondary N) is 2. The third-order valence-electron chi connectivity index (χ3n) is 5.61. The zero-order valence-corrected chi connectivity index (χ0v) is 17.0. The molecule has 0 radical (unpaired) electrons. The largest absolute Gasteiger partial charge is 0.372 e. The van der Waals surface area contributed by atoms with Crippen LogP contribution in [0.1, 0.15) is 49.4 Å². The molecular formula is C23H25ClN2O. The Balaban J connectivity index is 1.91. The average molecular weight is 381 g/mol. The van der Waals surface area contributed by atoms with Crippen molar-refractivity contribution in [1.82, 2.24) is 0 Å². The summed E-state index contributed by atoms with van der Waals surface area (Å²) in [5, 5.41) is 7.90. The number of carbonyl (C=O) groups is 1. The molecule has 1 aliphatic carbocycles. The van der Waals surface area contributed by atoms with E-state index in [2.05, 4.69) is 50.5 Å². The summed E-state index contributed by atoms with van der Waals surface area (Å²) in [4.78, 5) is 13.2. The maximum absolute atomic E-state index is 13.2. The number of anilines is 2. The van der Waals surface area contributed by atoms with Crippen molar-refractivity contribution in [2.24, 2.45) is 5.41 Å². The van der Waals surface area contributed by atoms with Crippen LogP contribution in [0.3, 0.4) is 0 Å². The Kier molecular flexibility index (Phi) is 4.31. The lowest BCUT2D eigenvalue weighted by molar-refractivity contribution is -0.118. The number of Topliss-reactive ketones (excluding diaryl/α,β-unsaturated/α-hetero) is 1. The van der Waals surface area contributed by atoms with E-state index in [1.165, 1.54) is 11.1 Å². The Morgan fingerprint density at radius 3 is 2.44 bits per heavy atom. The lowest BCUT2D eigenvalue weighted by atomic mass is 9.73. The smallest absolute Gasteiger partial charge is 0.163 e. The minimum Gasteiger partial charge on any atom is -0.372 e. The number of hydrogen-bond acceptors (Lipinski definition) is 3. The molecule has 1 aliphatic heterocycles. The van der Waals surface area contributed by atoms with E-state index in [0.717, 1.165) is 34.6 Å². The van der Waals surface area contributed by atoms with Gasteiger partial charge in [0, 0.05) is 22.7 Å². The van der Waals surface area contributed by atoms with E-state index in [1.807, 2.05) is 24.3 Å². The molecule has 140 valence electrons. The summed E-state index contributed by atoms with van der Waals surface area (Å²) in [6, 6.07) is 11.9. The molecule has 0 bridgehead atoms. The van der Waals surface area contributed by atoms with Gasteiger partial charge in [0.15, 0.2) is 5.78 Å². The average Bonchev–Trinajstić information content (AvgIpc) is 2.71. The van der Waals surface area contributed by atoms with Gasteiger partial charge in [0.1, 0.15) is 0 Å². The fraction of sp³-hybridized carbons (Fsp3) is 0.348. The van der Waals surface area contributed by atoms with Gasteiger partial charge in [-0.2, -0.15) is 0 Å². The van der Waals surface area contributed by atoms with Crippen molar-refractivity contribution in [1.29, 1.82) is 0 Å². The molecule has 0 amide bonds. The molecule has 2 N–H and O–H groups in total. The molecule has 0 spiro atoms. The van der Waals surface area contributed by atoms with Crippen molar-refractivity contribution in [3.05, 3.63) is 69.4 Å². The number of benzene rings is 2. The van der Waals surface area contributed by atoms with Gasteiger partial charge in [-0.15, -0.1) is 0 Å². The van der Waals surface area contributed by atoms with E-state index in [1.54, 1.807) is 0 Å². The van der Waals surface area contributed by atoms with Crippen molar-refractivity contribution in [3.8, 4) is 0 Å². The van der Waals surface area contributed by atoms with Gasteiger partial charge in [-0.25, -0.2) is 0 Å². The summed E-state index contributed by atoms with van der Waals surface area (Å²) < 4.78 is 0. The summed E-state index contributed by atoms with van der Waals surface area (Å²) in [5.74, 6) is 0.201. The zero-order valence-electron chi connectivity index (χ0n) is 16.2. The first-order valence-corrected chi connectivity index (χ1v) is 9.78. The van der Waals surface area contributed by atoms with Gasteiger partial charge in [0.25, 0.3) is 0 Å². The van der Waals surface area contributed by atoms with Crippen LogP contribution in [0.5, 0.6) is 0 Å². The first kappa shape index (κ1) is 18.1. The van der Waals surface area contributed by atoms with Gasteiger partial charge >= 0.3 is 0 Å². The van der Waals surface area contributed by atoms with Gasteiger partial charge in [-0.3, -0.25) is 4.79 Å². The molecule has 1 heterocycles. The van der Waals surface area contributed by atoms with Gasteiger partial charge in [0.2, 0.25) is 0 Å². The summed E-state index contributed by atoms with van der Waals surface area (Å²) in [7, 11) is 0. The second-order valence-corrected chi connectivity index (χ2v) is 9.01. The van der Waals surface area contributed by atoms with Gasteiger partial charge in [-0.05, 0) is 66.6 Å². The first-order valence-electron chi connectivity index (χ1n) is 9.40. The molecule has 0 unspecified atom stereocenters. The number of fused-ring (bicyclic) bond motifs is 1. The first-order chi connectivity index (χ1) is 12.7. The summed E-state index contributed by atoms with van der Waals surface area (Å²) >= 11 is 6.26. The topological polar surface area (TPSA) is 41.1 Å². The SMILES string of the molecule is Cc1cc2c(cc1C)N[C@H](c1cccc(Cl)c1)C1=C(CC(C)(C)CC1=O)N2. The maximum atomic E-state index is 13.2. The van der Waals surface area contributed by atoms with Crippen LogP contribution >= 0.6 is 11.6 Å². The number of rotatable bonds is 1. The van der Waals surface area contributed by atoms with Gasteiger partial charge in [-0.1, -0.05) is 37.6 Å². The molecule has 0 aromatic heterocycles. The third-order valence-corrected chi connectivity index (χ3v) is 5.85. The molecule has 3 nitrogen and oxygen atoms in total.